The summed E-state index contributed by atoms with van der Waals surface area (Å²) in [6.07, 6.45) is 6.76. The summed E-state index contributed by atoms with van der Waals surface area (Å²) < 4.78 is 4.60. The number of carbonyl (C=O) groups excluding carboxylic acids is 1. The van der Waals surface area contributed by atoms with Crippen molar-refractivity contribution in [2.75, 3.05) is 19.0 Å². The summed E-state index contributed by atoms with van der Waals surface area (Å²) in [6, 6.07) is 6.40. The van der Waals surface area contributed by atoms with E-state index < -0.39 is 0 Å². The van der Waals surface area contributed by atoms with Crippen LogP contribution < -0.4 is 11.1 Å². The van der Waals surface area contributed by atoms with Gasteiger partial charge >= 0.3 is 5.97 Å². The molecular formula is C17H26IN3O2. The van der Waals surface area contributed by atoms with Gasteiger partial charge in [0.1, 0.15) is 0 Å². The number of nitrogens with two attached hydrogens (primary N) is 1. The lowest BCUT2D eigenvalue weighted by Crippen LogP contribution is -2.22. The summed E-state index contributed by atoms with van der Waals surface area (Å²) in [5, 5.41) is 3.14. The van der Waals surface area contributed by atoms with Gasteiger partial charge in [-0.25, -0.2) is 0 Å². The number of ether oxygens (including phenoxy) is 1. The molecule has 1 aliphatic carbocycles. The molecule has 0 unspecified atom stereocenters. The molecule has 0 radical (unpaired) electrons. The summed E-state index contributed by atoms with van der Waals surface area (Å²) in [7, 11) is 1.41. The molecule has 23 heavy (non-hydrogen) atoms. The van der Waals surface area contributed by atoms with Crippen LogP contribution in [0.25, 0.3) is 0 Å². The number of benzene rings is 1. The highest BCUT2D eigenvalue weighted by molar-refractivity contribution is 14.0. The molecule has 1 aliphatic rings. The van der Waals surface area contributed by atoms with Gasteiger partial charge < -0.3 is 15.8 Å². The van der Waals surface area contributed by atoms with Crippen LogP contribution >= 0.6 is 24.0 Å². The van der Waals surface area contributed by atoms with Crippen LogP contribution in [0.15, 0.2) is 23.2 Å². The molecule has 1 aromatic rings. The van der Waals surface area contributed by atoms with Gasteiger partial charge in [-0.05, 0) is 55.4 Å². The van der Waals surface area contributed by atoms with Gasteiger partial charge in [-0.15, -0.1) is 24.0 Å². The van der Waals surface area contributed by atoms with Crippen LogP contribution in [0.1, 0.15) is 43.2 Å². The van der Waals surface area contributed by atoms with Crippen molar-refractivity contribution in [3.63, 3.8) is 0 Å². The number of guanidine groups is 1. The molecule has 0 aromatic heterocycles. The Morgan fingerprint density at radius 2 is 2.04 bits per heavy atom. The third kappa shape index (κ3) is 6.76. The number of aryl methyl sites for hydroxylation is 2. The Bertz CT molecular complexity index is 547. The maximum atomic E-state index is 11.0. The van der Waals surface area contributed by atoms with Crippen molar-refractivity contribution in [1.29, 1.82) is 0 Å². The quantitative estimate of drug-likeness (QED) is 0.229. The molecule has 0 spiro atoms. The van der Waals surface area contributed by atoms with E-state index >= 15 is 0 Å². The molecule has 6 heteroatoms. The lowest BCUT2D eigenvalue weighted by Gasteiger charge is -2.08. The number of esters is 1. The average molecular weight is 431 g/mol. The number of nitrogens with zero attached hydrogens (tertiary/aromatic N) is 1. The largest absolute Gasteiger partial charge is 0.469 e. The smallest absolute Gasteiger partial charge is 0.305 e. The summed E-state index contributed by atoms with van der Waals surface area (Å²) >= 11 is 0. The lowest BCUT2D eigenvalue weighted by molar-refractivity contribution is -0.140. The van der Waals surface area contributed by atoms with Crippen molar-refractivity contribution < 1.29 is 9.53 Å². The van der Waals surface area contributed by atoms with Gasteiger partial charge in [0.2, 0.25) is 0 Å². The molecule has 2 rings (SSSR count). The zero-order chi connectivity index (χ0) is 15.8. The van der Waals surface area contributed by atoms with E-state index in [1.807, 2.05) is 0 Å². The zero-order valence-corrected chi connectivity index (χ0v) is 16.0. The van der Waals surface area contributed by atoms with Crippen molar-refractivity contribution in [3.05, 3.63) is 29.3 Å². The molecule has 5 nitrogen and oxygen atoms in total. The van der Waals surface area contributed by atoms with E-state index in [0.717, 1.165) is 31.4 Å². The van der Waals surface area contributed by atoms with Crippen molar-refractivity contribution >= 4 is 41.6 Å². The minimum atomic E-state index is -0.152. The van der Waals surface area contributed by atoms with Gasteiger partial charge in [0.05, 0.1) is 7.11 Å². The highest BCUT2D eigenvalue weighted by Gasteiger charge is 2.10. The van der Waals surface area contributed by atoms with Gasteiger partial charge in [-0.1, -0.05) is 12.5 Å². The molecule has 0 saturated heterocycles. The summed E-state index contributed by atoms with van der Waals surface area (Å²) in [5.41, 5.74) is 9.78. The Labute approximate surface area is 155 Å². The van der Waals surface area contributed by atoms with Gasteiger partial charge in [0, 0.05) is 18.7 Å². The van der Waals surface area contributed by atoms with Crippen LogP contribution in [-0.4, -0.2) is 25.6 Å². The fraction of sp³-hybridized carbons (Fsp3) is 0.529. The second-order valence-electron chi connectivity index (χ2n) is 5.62. The molecule has 0 fully saturated rings. The Balaban J connectivity index is 0.00000264. The number of rotatable bonds is 7. The van der Waals surface area contributed by atoms with Crippen LogP contribution in [0.4, 0.5) is 5.69 Å². The molecule has 0 amide bonds. The van der Waals surface area contributed by atoms with Crippen molar-refractivity contribution in [1.82, 2.24) is 0 Å². The average Bonchev–Trinajstić information content (AvgIpc) is 2.98. The van der Waals surface area contributed by atoms with Gasteiger partial charge in [0.25, 0.3) is 0 Å². The van der Waals surface area contributed by atoms with Gasteiger partial charge in [-0.3, -0.25) is 9.79 Å². The number of carbonyl (C=O) groups is 1. The Kier molecular flexibility index (Phi) is 8.98. The summed E-state index contributed by atoms with van der Waals surface area (Å²) in [5.74, 6) is 0.298. The number of anilines is 1. The number of hydrogen-bond acceptors (Lipinski definition) is 3. The summed E-state index contributed by atoms with van der Waals surface area (Å²) in [4.78, 5) is 15.3. The van der Waals surface area contributed by atoms with Crippen molar-refractivity contribution in [2.24, 2.45) is 10.7 Å². The first-order valence-electron chi connectivity index (χ1n) is 7.94. The molecule has 0 saturated carbocycles. The van der Waals surface area contributed by atoms with Crippen LogP contribution in [0.2, 0.25) is 0 Å². The Morgan fingerprint density at radius 1 is 1.26 bits per heavy atom. The molecule has 0 atom stereocenters. The predicted octanol–water partition coefficient (Wildman–Crippen LogP) is 3.25. The van der Waals surface area contributed by atoms with Crippen molar-refractivity contribution in [3.8, 4) is 0 Å². The zero-order valence-electron chi connectivity index (χ0n) is 13.6. The predicted molar refractivity (Wildman–Crippen MR) is 104 cm³/mol. The highest BCUT2D eigenvalue weighted by Crippen LogP contribution is 2.24. The maximum absolute atomic E-state index is 11.0. The van der Waals surface area contributed by atoms with Crippen LogP contribution in [0.5, 0.6) is 0 Å². The Hall–Kier alpha value is -1.31. The van der Waals surface area contributed by atoms with Crippen LogP contribution in [0, 0.1) is 0 Å². The standard InChI is InChI=1S/C17H25N3O2.HI/c1-22-16(21)8-3-2-4-11-19-17(18)20-15-10-9-13-6-5-7-14(13)12-15;/h9-10,12H,2-8,11H2,1H3,(H3,18,19,20);1H. The molecule has 128 valence electrons. The molecule has 0 bridgehead atoms. The SMILES string of the molecule is COC(=O)CCCCCN=C(N)Nc1ccc2c(c1)CCC2.I. The lowest BCUT2D eigenvalue weighted by atomic mass is 10.1. The van der Waals surface area contributed by atoms with E-state index in [1.54, 1.807) is 0 Å². The number of halogens is 1. The van der Waals surface area contributed by atoms with E-state index in [0.29, 0.717) is 18.9 Å². The van der Waals surface area contributed by atoms with Crippen molar-refractivity contribution in [2.45, 2.75) is 44.9 Å². The number of hydrogen-bond donors (Lipinski definition) is 2. The fourth-order valence-corrected chi connectivity index (χ4v) is 2.70. The molecular weight excluding hydrogens is 405 g/mol. The number of unbranched alkanes of at least 4 members (excludes halogenated alkanes) is 2. The number of aliphatic imine (C=N–C) groups is 1. The minimum Gasteiger partial charge on any atom is -0.469 e. The molecule has 3 N–H and O–H groups in total. The fourth-order valence-electron chi connectivity index (χ4n) is 2.70. The first kappa shape index (κ1) is 19.7. The monoisotopic (exact) mass is 431 g/mol. The van der Waals surface area contributed by atoms with E-state index in [4.69, 9.17) is 5.73 Å². The second-order valence-corrected chi connectivity index (χ2v) is 5.62. The van der Waals surface area contributed by atoms with E-state index in [9.17, 15) is 4.79 Å². The topological polar surface area (TPSA) is 76.7 Å². The van der Waals surface area contributed by atoms with Gasteiger partial charge in [-0.2, -0.15) is 0 Å². The third-order valence-electron chi connectivity index (χ3n) is 3.92. The molecule has 0 aliphatic heterocycles. The first-order chi connectivity index (χ1) is 10.7. The highest BCUT2D eigenvalue weighted by atomic mass is 127. The molecule has 0 heterocycles. The minimum absolute atomic E-state index is 0. The maximum Gasteiger partial charge on any atom is 0.305 e. The second kappa shape index (κ2) is 10.5. The number of fused-ring (bicyclic) bond motifs is 1. The number of methoxy groups -OCH3 is 1. The Morgan fingerprint density at radius 3 is 2.83 bits per heavy atom. The van der Waals surface area contributed by atoms with Crippen LogP contribution in [-0.2, 0) is 22.4 Å². The molecule has 1 aromatic carbocycles. The first-order valence-corrected chi connectivity index (χ1v) is 7.94. The van der Waals surface area contributed by atoms with E-state index in [1.165, 1.54) is 31.1 Å². The normalized spacial score (nSPS) is 13.2. The summed E-state index contributed by atoms with van der Waals surface area (Å²) in [6.45, 7) is 0.672. The number of nitrogens with one attached hydrogen (secondary N) is 1. The van der Waals surface area contributed by atoms with E-state index in [-0.39, 0.29) is 29.9 Å². The van der Waals surface area contributed by atoms with Crippen LogP contribution in [0.3, 0.4) is 0 Å². The third-order valence-corrected chi connectivity index (χ3v) is 3.92. The van der Waals surface area contributed by atoms with Gasteiger partial charge in [0.15, 0.2) is 5.96 Å². The van der Waals surface area contributed by atoms with E-state index in [2.05, 4.69) is 33.2 Å².